The third kappa shape index (κ3) is 8.24. The molecule has 2 unspecified atom stereocenters. The summed E-state index contributed by atoms with van der Waals surface area (Å²) in [6.07, 6.45) is 1.34. The second-order valence-electron chi connectivity index (χ2n) is 13.9. The lowest BCUT2D eigenvalue weighted by Gasteiger charge is -2.33. The Morgan fingerprint density at radius 3 is 2.33 bits per heavy atom. The maximum Gasteiger partial charge on any atom is 0.410 e. The second kappa shape index (κ2) is 13.8. The van der Waals surface area contributed by atoms with E-state index in [1.54, 1.807) is 54.8 Å². The van der Waals surface area contributed by atoms with Crippen LogP contribution in [-0.4, -0.2) is 76.4 Å². The Bertz CT molecular complexity index is 1690. The normalized spacial score (nSPS) is 18.4. The summed E-state index contributed by atoms with van der Waals surface area (Å²) in [4.78, 5) is 41.4. The third-order valence-corrected chi connectivity index (χ3v) is 8.47. The van der Waals surface area contributed by atoms with Crippen molar-refractivity contribution in [2.45, 2.75) is 77.1 Å². The summed E-state index contributed by atoms with van der Waals surface area (Å²) < 4.78 is 45.8. The number of carboxylic acids is 1. The van der Waals surface area contributed by atoms with E-state index in [-0.39, 0.29) is 17.9 Å². The Morgan fingerprint density at radius 2 is 1.62 bits per heavy atom. The van der Waals surface area contributed by atoms with Crippen molar-refractivity contribution in [2.75, 3.05) is 26.2 Å². The van der Waals surface area contributed by atoms with Gasteiger partial charge in [-0.2, -0.15) is 0 Å². The first-order valence-corrected chi connectivity index (χ1v) is 16.2. The molecular weight excluding hydrogens is 622 g/mol. The third-order valence-electron chi connectivity index (χ3n) is 8.47. The van der Waals surface area contributed by atoms with Gasteiger partial charge in [0.15, 0.2) is 17.2 Å². The summed E-state index contributed by atoms with van der Waals surface area (Å²) in [5, 5.41) is 9.46. The molecule has 3 aromatic rings. The maximum atomic E-state index is 14.4. The highest BCUT2D eigenvalue weighted by atomic mass is 19.2. The van der Waals surface area contributed by atoms with E-state index in [0.29, 0.717) is 60.8 Å². The van der Waals surface area contributed by atoms with Crippen molar-refractivity contribution < 1.29 is 42.5 Å². The molecule has 2 atom stereocenters. The number of rotatable bonds is 8. The van der Waals surface area contributed by atoms with Crippen molar-refractivity contribution in [3.63, 3.8) is 0 Å². The van der Waals surface area contributed by atoms with Gasteiger partial charge in [-0.25, -0.2) is 18.4 Å². The van der Waals surface area contributed by atoms with E-state index in [1.807, 2.05) is 18.2 Å². The molecule has 48 heavy (non-hydrogen) atoms. The van der Waals surface area contributed by atoms with Crippen molar-refractivity contribution in [2.24, 2.45) is 0 Å². The van der Waals surface area contributed by atoms with Crippen LogP contribution in [0.5, 0.6) is 11.5 Å². The van der Waals surface area contributed by atoms with Gasteiger partial charge in [0.1, 0.15) is 23.2 Å². The SMILES string of the molecule is CC(C)(C)OC(=O)N1CCC(Oc2ccc(C(=O)N3CCCC(c4cccc(OC(C)(C)C(=O)O)c4)C3)cc2-c2ccc(F)c(F)c2)C1. The number of likely N-dealkylation sites (tertiary alicyclic amines) is 2. The molecule has 0 bridgehead atoms. The Labute approximate surface area is 279 Å². The monoisotopic (exact) mass is 664 g/mol. The molecule has 2 saturated heterocycles. The van der Waals surface area contributed by atoms with Gasteiger partial charge in [-0.3, -0.25) is 4.79 Å². The number of nitrogens with zero attached hydrogens (tertiary/aromatic N) is 2. The number of carboxylic acid groups (broad SMARTS) is 1. The molecule has 0 saturated carbocycles. The van der Waals surface area contributed by atoms with E-state index < -0.39 is 34.9 Å². The molecule has 256 valence electrons. The van der Waals surface area contributed by atoms with Crippen LogP contribution in [0, 0.1) is 11.6 Å². The molecule has 2 fully saturated rings. The fraction of sp³-hybridized carbons (Fsp3) is 0.432. The zero-order chi connectivity index (χ0) is 34.8. The van der Waals surface area contributed by atoms with Crippen molar-refractivity contribution >= 4 is 18.0 Å². The van der Waals surface area contributed by atoms with Crippen LogP contribution in [0.25, 0.3) is 11.1 Å². The number of carbonyl (C=O) groups is 3. The predicted molar refractivity (Wildman–Crippen MR) is 175 cm³/mol. The molecule has 1 N–H and O–H groups in total. The molecule has 0 spiro atoms. The summed E-state index contributed by atoms with van der Waals surface area (Å²) in [6.45, 7) is 10.1. The molecule has 2 heterocycles. The molecule has 5 rings (SSSR count). The number of aliphatic carboxylic acids is 1. The first-order valence-electron chi connectivity index (χ1n) is 16.2. The fourth-order valence-electron chi connectivity index (χ4n) is 5.94. The molecule has 11 heteroatoms. The standard InChI is InChI=1S/C37H42F2N2O7/c1-36(2,3)48-35(45)41-17-15-28(22-41)46-32-14-12-25(19-29(32)24-11-13-30(38)31(39)20-24)33(42)40-16-7-9-26(21-40)23-8-6-10-27(18-23)47-37(4,5)34(43)44/h6,8,10-14,18-20,26,28H,7,9,15-17,21-22H2,1-5H3,(H,43,44). The number of carbonyl (C=O) groups excluding carboxylic acids is 2. The number of benzene rings is 3. The lowest BCUT2D eigenvalue weighted by Crippen LogP contribution is -2.39. The average molecular weight is 665 g/mol. The van der Waals surface area contributed by atoms with Crippen LogP contribution in [0.1, 0.15) is 75.7 Å². The van der Waals surface area contributed by atoms with Gasteiger partial charge in [0, 0.05) is 43.1 Å². The van der Waals surface area contributed by atoms with Crippen molar-refractivity contribution in [1.29, 1.82) is 0 Å². The molecule has 0 aliphatic carbocycles. The molecule has 0 radical (unpaired) electrons. The van der Waals surface area contributed by atoms with Crippen LogP contribution in [0.3, 0.4) is 0 Å². The minimum Gasteiger partial charge on any atom is -0.488 e. The van der Waals surface area contributed by atoms with Crippen LogP contribution in [0.4, 0.5) is 13.6 Å². The van der Waals surface area contributed by atoms with Gasteiger partial charge in [-0.1, -0.05) is 18.2 Å². The van der Waals surface area contributed by atoms with E-state index >= 15 is 0 Å². The molecule has 9 nitrogen and oxygen atoms in total. The highest BCUT2D eigenvalue weighted by Gasteiger charge is 2.33. The summed E-state index contributed by atoms with van der Waals surface area (Å²) >= 11 is 0. The first kappa shape index (κ1) is 34.7. The molecule has 3 aromatic carbocycles. The minimum atomic E-state index is -1.40. The van der Waals surface area contributed by atoms with Crippen molar-refractivity contribution in [3.05, 3.63) is 83.4 Å². The highest BCUT2D eigenvalue weighted by Crippen LogP contribution is 2.36. The van der Waals surface area contributed by atoms with Crippen LogP contribution in [-0.2, 0) is 9.53 Å². The molecule has 2 amide bonds. The van der Waals surface area contributed by atoms with E-state index in [9.17, 15) is 28.3 Å². The van der Waals surface area contributed by atoms with E-state index in [0.717, 1.165) is 30.5 Å². The zero-order valence-electron chi connectivity index (χ0n) is 27.9. The van der Waals surface area contributed by atoms with Crippen LogP contribution in [0.15, 0.2) is 60.7 Å². The van der Waals surface area contributed by atoms with Crippen molar-refractivity contribution in [1.82, 2.24) is 9.80 Å². The van der Waals surface area contributed by atoms with E-state index in [1.165, 1.54) is 19.9 Å². The lowest BCUT2D eigenvalue weighted by molar-refractivity contribution is -0.152. The number of hydrogen-bond donors (Lipinski definition) is 1. The number of piperidine rings is 1. The van der Waals surface area contributed by atoms with Gasteiger partial charge >= 0.3 is 12.1 Å². The second-order valence-corrected chi connectivity index (χ2v) is 13.9. The Balaban J connectivity index is 1.36. The Kier molecular flexibility index (Phi) is 9.98. The summed E-state index contributed by atoms with van der Waals surface area (Å²) in [6, 6.07) is 15.8. The van der Waals surface area contributed by atoms with Gasteiger partial charge in [-0.05, 0) is 101 Å². The Morgan fingerprint density at radius 1 is 0.854 bits per heavy atom. The quantitative estimate of drug-likeness (QED) is 0.270. The van der Waals surface area contributed by atoms with E-state index in [4.69, 9.17) is 14.2 Å². The number of ether oxygens (including phenoxy) is 3. The number of amides is 2. The molecule has 2 aliphatic rings. The highest BCUT2D eigenvalue weighted by molar-refractivity contribution is 5.96. The predicted octanol–water partition coefficient (Wildman–Crippen LogP) is 7.28. The van der Waals surface area contributed by atoms with Gasteiger partial charge in [0.2, 0.25) is 0 Å². The zero-order valence-corrected chi connectivity index (χ0v) is 27.9. The number of halogens is 2. The molecule has 0 aromatic heterocycles. The van der Waals surface area contributed by atoms with Crippen molar-refractivity contribution in [3.8, 4) is 22.6 Å². The smallest absolute Gasteiger partial charge is 0.410 e. The molecular formula is C37H42F2N2O7. The lowest BCUT2D eigenvalue weighted by atomic mass is 9.90. The van der Waals surface area contributed by atoms with Gasteiger partial charge < -0.3 is 29.1 Å². The van der Waals surface area contributed by atoms with E-state index in [2.05, 4.69) is 0 Å². The van der Waals surface area contributed by atoms with Crippen LogP contribution in [0.2, 0.25) is 0 Å². The average Bonchev–Trinajstić information content (AvgIpc) is 3.50. The minimum absolute atomic E-state index is 0.00254. The number of hydrogen-bond acceptors (Lipinski definition) is 6. The maximum absolute atomic E-state index is 14.4. The van der Waals surface area contributed by atoms with Gasteiger partial charge in [0.25, 0.3) is 5.91 Å². The van der Waals surface area contributed by atoms with Gasteiger partial charge in [0.05, 0.1) is 6.54 Å². The summed E-state index contributed by atoms with van der Waals surface area (Å²) in [7, 11) is 0. The first-order chi connectivity index (χ1) is 22.6. The summed E-state index contributed by atoms with van der Waals surface area (Å²) in [5.74, 6) is -2.49. The fourth-order valence-corrected chi connectivity index (χ4v) is 5.94. The summed E-state index contributed by atoms with van der Waals surface area (Å²) in [5.41, 5.74) is 0.0421. The topological polar surface area (TPSA) is 106 Å². The van der Waals surface area contributed by atoms with Crippen LogP contribution >= 0.6 is 0 Å². The van der Waals surface area contributed by atoms with Crippen LogP contribution < -0.4 is 9.47 Å². The largest absolute Gasteiger partial charge is 0.488 e. The molecule has 2 aliphatic heterocycles. The Hall–Kier alpha value is -4.67. The van der Waals surface area contributed by atoms with Gasteiger partial charge in [-0.15, -0.1) is 0 Å².